The number of hydrogen-bond donors (Lipinski definition) is 0. The third-order valence-corrected chi connectivity index (χ3v) is 2.84. The van der Waals surface area contributed by atoms with E-state index < -0.39 is 23.3 Å². The van der Waals surface area contributed by atoms with Crippen molar-refractivity contribution >= 4 is 5.69 Å². The fraction of sp³-hybridized carbons (Fsp3) is 0.538. The van der Waals surface area contributed by atoms with Crippen LogP contribution in [0.4, 0.5) is 23.2 Å². The van der Waals surface area contributed by atoms with Crippen molar-refractivity contribution in [2.45, 2.75) is 32.6 Å². The van der Waals surface area contributed by atoms with Crippen molar-refractivity contribution in [1.29, 1.82) is 0 Å². The van der Waals surface area contributed by atoms with Crippen molar-refractivity contribution in [2.24, 2.45) is 0 Å². The van der Waals surface area contributed by atoms with E-state index in [0.29, 0.717) is 12.6 Å². The molecule has 1 rings (SSSR count). The molecule has 1 aromatic carbocycles. The van der Waals surface area contributed by atoms with Crippen molar-refractivity contribution in [3.63, 3.8) is 0 Å². The molecule has 0 aliphatic heterocycles. The molecule has 0 spiro atoms. The van der Waals surface area contributed by atoms with Crippen molar-refractivity contribution in [3.05, 3.63) is 29.3 Å². The Balaban J connectivity index is 2.77. The van der Waals surface area contributed by atoms with E-state index in [-0.39, 0.29) is 5.69 Å². The molecule has 5 heteroatoms. The molecule has 0 radical (unpaired) electrons. The maximum atomic E-state index is 13.4. The number of unbranched alkanes of at least 4 members (excludes halogenated alkanes) is 3. The molecule has 0 aliphatic carbocycles. The topological polar surface area (TPSA) is 3.24 Å². The molecular formula is C13H17F4N. The molecule has 0 saturated carbocycles. The van der Waals surface area contributed by atoms with Crippen LogP contribution in [0.15, 0.2) is 6.07 Å². The molecule has 102 valence electrons. The number of anilines is 1. The fourth-order valence-corrected chi connectivity index (χ4v) is 1.73. The monoisotopic (exact) mass is 263 g/mol. The minimum absolute atomic E-state index is 0.247. The lowest BCUT2D eigenvalue weighted by molar-refractivity contribution is 0.409. The van der Waals surface area contributed by atoms with Crippen LogP contribution in [0.3, 0.4) is 0 Å². The van der Waals surface area contributed by atoms with Crippen molar-refractivity contribution in [2.75, 3.05) is 18.5 Å². The van der Waals surface area contributed by atoms with Gasteiger partial charge in [0.25, 0.3) is 0 Å². The second-order valence-corrected chi connectivity index (χ2v) is 4.30. The molecule has 0 aliphatic rings. The lowest BCUT2D eigenvalue weighted by Crippen LogP contribution is -2.21. The number of nitrogens with zero attached hydrogens (tertiary/aromatic N) is 1. The first kappa shape index (κ1) is 14.8. The highest BCUT2D eigenvalue weighted by molar-refractivity contribution is 5.48. The van der Waals surface area contributed by atoms with Gasteiger partial charge >= 0.3 is 0 Å². The van der Waals surface area contributed by atoms with Crippen LogP contribution in [0.2, 0.25) is 0 Å². The molecule has 0 atom stereocenters. The molecule has 0 bridgehead atoms. The summed E-state index contributed by atoms with van der Waals surface area (Å²) in [6.07, 6.45) is 3.89. The van der Waals surface area contributed by atoms with Gasteiger partial charge in [0.2, 0.25) is 0 Å². The van der Waals surface area contributed by atoms with Crippen LogP contribution in [-0.2, 0) is 0 Å². The zero-order valence-electron chi connectivity index (χ0n) is 10.6. The molecule has 0 aromatic heterocycles. The highest BCUT2D eigenvalue weighted by Gasteiger charge is 2.20. The van der Waals surface area contributed by atoms with E-state index in [1.54, 1.807) is 0 Å². The van der Waals surface area contributed by atoms with Crippen molar-refractivity contribution < 1.29 is 17.6 Å². The van der Waals surface area contributed by atoms with Gasteiger partial charge < -0.3 is 4.90 Å². The lowest BCUT2D eigenvalue weighted by Gasteiger charge is -2.20. The number of hydrogen-bond acceptors (Lipinski definition) is 1. The highest BCUT2D eigenvalue weighted by atomic mass is 19.2. The second-order valence-electron chi connectivity index (χ2n) is 4.30. The normalized spacial score (nSPS) is 10.8. The SMILES string of the molecule is CCCCCCN(C)c1cc(F)c(F)c(F)c1F. The summed E-state index contributed by atoms with van der Waals surface area (Å²) in [6.45, 7) is 2.54. The first-order valence-electron chi connectivity index (χ1n) is 6.03. The maximum absolute atomic E-state index is 13.4. The molecule has 0 saturated heterocycles. The maximum Gasteiger partial charge on any atom is 0.199 e. The van der Waals surface area contributed by atoms with E-state index in [1.165, 1.54) is 11.9 Å². The minimum atomic E-state index is -1.77. The third-order valence-electron chi connectivity index (χ3n) is 2.84. The Kier molecular flexibility index (Phi) is 5.44. The van der Waals surface area contributed by atoms with E-state index in [9.17, 15) is 17.6 Å². The van der Waals surface area contributed by atoms with Gasteiger partial charge in [-0.25, -0.2) is 17.6 Å². The first-order chi connectivity index (χ1) is 8.49. The number of benzene rings is 1. The van der Waals surface area contributed by atoms with E-state index >= 15 is 0 Å². The van der Waals surface area contributed by atoms with E-state index in [0.717, 1.165) is 25.7 Å². The number of rotatable bonds is 6. The van der Waals surface area contributed by atoms with E-state index in [4.69, 9.17) is 0 Å². The van der Waals surface area contributed by atoms with Crippen LogP contribution in [0.25, 0.3) is 0 Å². The Bertz CT molecular complexity index is 406. The summed E-state index contributed by atoms with van der Waals surface area (Å²) in [5.41, 5.74) is -0.247. The summed E-state index contributed by atoms with van der Waals surface area (Å²) in [4.78, 5) is 1.40. The van der Waals surface area contributed by atoms with Crippen LogP contribution in [0.5, 0.6) is 0 Å². The van der Waals surface area contributed by atoms with Crippen LogP contribution in [0, 0.1) is 23.3 Å². The molecule has 1 nitrogen and oxygen atoms in total. The Hall–Kier alpha value is -1.26. The largest absolute Gasteiger partial charge is 0.372 e. The van der Waals surface area contributed by atoms with Gasteiger partial charge in [-0.05, 0) is 6.42 Å². The van der Waals surface area contributed by atoms with Gasteiger partial charge in [0, 0.05) is 19.7 Å². The van der Waals surface area contributed by atoms with Gasteiger partial charge in [0.1, 0.15) is 0 Å². The average molecular weight is 263 g/mol. The molecular weight excluding hydrogens is 246 g/mol. The summed E-state index contributed by atoms with van der Waals surface area (Å²) >= 11 is 0. The van der Waals surface area contributed by atoms with Crippen LogP contribution in [0.1, 0.15) is 32.6 Å². The summed E-state index contributed by atoms with van der Waals surface area (Å²) in [7, 11) is 1.53. The highest BCUT2D eigenvalue weighted by Crippen LogP contribution is 2.25. The van der Waals surface area contributed by atoms with Gasteiger partial charge in [0.15, 0.2) is 23.3 Å². The van der Waals surface area contributed by atoms with Gasteiger partial charge in [-0.2, -0.15) is 0 Å². The summed E-state index contributed by atoms with van der Waals surface area (Å²) < 4.78 is 52.3. The predicted octanol–water partition coefficient (Wildman–Crippen LogP) is 4.26. The van der Waals surface area contributed by atoms with Crippen LogP contribution >= 0.6 is 0 Å². The molecule has 0 fully saturated rings. The lowest BCUT2D eigenvalue weighted by atomic mass is 10.2. The average Bonchev–Trinajstić information content (AvgIpc) is 2.36. The summed E-state index contributed by atoms with van der Waals surface area (Å²) in [6, 6.07) is 0.688. The third kappa shape index (κ3) is 3.37. The molecule has 0 unspecified atom stereocenters. The van der Waals surface area contributed by atoms with Gasteiger partial charge in [-0.15, -0.1) is 0 Å². The zero-order valence-corrected chi connectivity index (χ0v) is 10.6. The molecule has 0 amide bonds. The Morgan fingerprint density at radius 1 is 0.944 bits per heavy atom. The van der Waals surface area contributed by atoms with Gasteiger partial charge in [-0.3, -0.25) is 0 Å². The van der Waals surface area contributed by atoms with Gasteiger partial charge in [0.05, 0.1) is 5.69 Å². The van der Waals surface area contributed by atoms with E-state index in [1.807, 2.05) is 0 Å². The van der Waals surface area contributed by atoms with Crippen LogP contribution in [-0.4, -0.2) is 13.6 Å². The van der Waals surface area contributed by atoms with Gasteiger partial charge in [-0.1, -0.05) is 26.2 Å². The molecule has 18 heavy (non-hydrogen) atoms. The second kappa shape index (κ2) is 6.61. The standard InChI is InChI=1S/C13H17F4N/c1-3-4-5-6-7-18(2)10-8-9(14)11(15)13(17)12(10)16/h8H,3-7H2,1-2H3. The minimum Gasteiger partial charge on any atom is -0.372 e. The Morgan fingerprint density at radius 3 is 2.22 bits per heavy atom. The quantitative estimate of drug-likeness (QED) is 0.321. The summed E-state index contributed by atoms with van der Waals surface area (Å²) in [5, 5.41) is 0. The predicted molar refractivity (Wildman–Crippen MR) is 63.7 cm³/mol. The first-order valence-corrected chi connectivity index (χ1v) is 6.03. The molecule has 1 aromatic rings. The van der Waals surface area contributed by atoms with Crippen LogP contribution < -0.4 is 4.90 Å². The Labute approximate surface area is 104 Å². The Morgan fingerprint density at radius 2 is 1.61 bits per heavy atom. The van der Waals surface area contributed by atoms with Crippen molar-refractivity contribution in [1.82, 2.24) is 0 Å². The smallest absolute Gasteiger partial charge is 0.199 e. The fourth-order valence-electron chi connectivity index (χ4n) is 1.73. The summed E-state index contributed by atoms with van der Waals surface area (Å²) in [5.74, 6) is -6.24. The number of halogens is 4. The van der Waals surface area contributed by atoms with E-state index in [2.05, 4.69) is 6.92 Å². The molecule has 0 heterocycles. The molecule has 0 N–H and O–H groups in total. The van der Waals surface area contributed by atoms with Crippen molar-refractivity contribution in [3.8, 4) is 0 Å². The zero-order chi connectivity index (χ0) is 13.7.